The van der Waals surface area contributed by atoms with Crippen molar-refractivity contribution in [3.63, 3.8) is 0 Å². The van der Waals surface area contributed by atoms with Crippen molar-refractivity contribution in [2.75, 3.05) is 53.4 Å². The highest BCUT2D eigenvalue weighted by Crippen LogP contribution is 2.25. The highest BCUT2D eigenvalue weighted by molar-refractivity contribution is 7.86. The molecule has 124 valence electrons. The van der Waals surface area contributed by atoms with Gasteiger partial charge in [-0.2, -0.15) is 17.0 Å². The molecule has 2 rings (SSSR count). The van der Waals surface area contributed by atoms with Crippen LogP contribution in [0.25, 0.3) is 0 Å². The standard InChI is InChI=1S/C14H30N4O2S/c1-14(2)12-18(10-9-16(14)4)21(19,20)17-7-5-13(6-8-17)11-15-3/h13,15H,5-12H2,1-4H3. The van der Waals surface area contributed by atoms with Crippen molar-refractivity contribution in [2.24, 2.45) is 5.92 Å². The van der Waals surface area contributed by atoms with E-state index in [-0.39, 0.29) is 5.54 Å². The number of hydrogen-bond acceptors (Lipinski definition) is 4. The van der Waals surface area contributed by atoms with Crippen molar-refractivity contribution in [1.29, 1.82) is 0 Å². The fourth-order valence-corrected chi connectivity index (χ4v) is 4.98. The molecule has 0 atom stereocenters. The van der Waals surface area contributed by atoms with Gasteiger partial charge in [-0.05, 0) is 53.2 Å². The maximum atomic E-state index is 12.8. The molecule has 0 spiro atoms. The molecule has 2 fully saturated rings. The monoisotopic (exact) mass is 318 g/mol. The minimum absolute atomic E-state index is 0.101. The van der Waals surface area contributed by atoms with E-state index in [4.69, 9.17) is 0 Å². The zero-order valence-corrected chi connectivity index (χ0v) is 14.6. The van der Waals surface area contributed by atoms with Gasteiger partial charge in [0.15, 0.2) is 0 Å². The first-order chi connectivity index (χ1) is 9.77. The first kappa shape index (κ1) is 17.1. The van der Waals surface area contributed by atoms with Gasteiger partial charge in [0.2, 0.25) is 0 Å². The molecule has 0 aromatic carbocycles. The van der Waals surface area contributed by atoms with Crippen LogP contribution in [0.5, 0.6) is 0 Å². The van der Waals surface area contributed by atoms with Gasteiger partial charge in [-0.15, -0.1) is 0 Å². The molecule has 0 aromatic rings. The second kappa shape index (κ2) is 6.50. The second-order valence-corrected chi connectivity index (χ2v) is 8.90. The molecule has 0 aliphatic carbocycles. The second-order valence-electron chi connectivity index (χ2n) is 6.98. The summed E-state index contributed by atoms with van der Waals surface area (Å²) in [6, 6.07) is 0. The lowest BCUT2D eigenvalue weighted by atomic mass is 9.98. The number of hydrogen-bond donors (Lipinski definition) is 1. The Morgan fingerprint density at radius 1 is 1.10 bits per heavy atom. The summed E-state index contributed by atoms with van der Waals surface area (Å²) in [5.74, 6) is 0.602. The molecule has 2 heterocycles. The van der Waals surface area contributed by atoms with E-state index >= 15 is 0 Å². The zero-order chi connectivity index (χ0) is 15.7. The van der Waals surface area contributed by atoms with E-state index in [1.54, 1.807) is 8.61 Å². The maximum Gasteiger partial charge on any atom is 0.282 e. The molecule has 2 saturated heterocycles. The summed E-state index contributed by atoms with van der Waals surface area (Å²) in [4.78, 5) is 2.23. The van der Waals surface area contributed by atoms with Crippen molar-refractivity contribution in [3.8, 4) is 0 Å². The van der Waals surface area contributed by atoms with Crippen LogP contribution < -0.4 is 5.32 Å². The van der Waals surface area contributed by atoms with Crippen molar-refractivity contribution in [2.45, 2.75) is 32.2 Å². The van der Waals surface area contributed by atoms with Crippen molar-refractivity contribution >= 4 is 10.2 Å². The molecular weight excluding hydrogens is 288 g/mol. The summed E-state index contributed by atoms with van der Waals surface area (Å²) in [5, 5.41) is 3.19. The number of rotatable bonds is 4. The molecule has 0 saturated carbocycles. The van der Waals surface area contributed by atoms with Crippen LogP contribution in [0.2, 0.25) is 0 Å². The Morgan fingerprint density at radius 2 is 1.71 bits per heavy atom. The van der Waals surface area contributed by atoms with E-state index in [0.717, 1.165) is 25.9 Å². The molecular formula is C14H30N4O2S. The first-order valence-electron chi connectivity index (χ1n) is 7.88. The van der Waals surface area contributed by atoms with Crippen LogP contribution in [0, 0.1) is 5.92 Å². The summed E-state index contributed by atoms with van der Waals surface area (Å²) < 4.78 is 29.0. The van der Waals surface area contributed by atoms with E-state index in [2.05, 4.69) is 31.1 Å². The van der Waals surface area contributed by atoms with Gasteiger partial charge in [-0.1, -0.05) is 0 Å². The van der Waals surface area contributed by atoms with Crippen LogP contribution in [0.1, 0.15) is 26.7 Å². The fraction of sp³-hybridized carbons (Fsp3) is 1.00. The van der Waals surface area contributed by atoms with E-state index < -0.39 is 10.2 Å². The first-order valence-corrected chi connectivity index (χ1v) is 9.28. The number of likely N-dealkylation sites (N-methyl/N-ethyl adjacent to an activating group) is 1. The fourth-order valence-electron chi connectivity index (χ4n) is 3.19. The predicted octanol–water partition coefficient (Wildman–Crippen LogP) is 0.189. The predicted molar refractivity (Wildman–Crippen MR) is 85.4 cm³/mol. The Bertz CT molecular complexity index is 444. The third kappa shape index (κ3) is 3.76. The molecule has 21 heavy (non-hydrogen) atoms. The third-order valence-electron chi connectivity index (χ3n) is 5.00. The van der Waals surface area contributed by atoms with Gasteiger partial charge in [0.25, 0.3) is 10.2 Å². The van der Waals surface area contributed by atoms with Crippen LogP contribution in [-0.2, 0) is 10.2 Å². The summed E-state index contributed by atoms with van der Waals surface area (Å²) in [5.41, 5.74) is -0.101. The van der Waals surface area contributed by atoms with Crippen LogP contribution in [-0.4, -0.2) is 80.8 Å². The Kier molecular flexibility index (Phi) is 5.31. The molecule has 0 amide bonds. The van der Waals surface area contributed by atoms with Gasteiger partial charge in [-0.25, -0.2) is 0 Å². The summed E-state index contributed by atoms with van der Waals surface area (Å²) in [6.45, 7) is 8.46. The third-order valence-corrected chi connectivity index (χ3v) is 6.98. The number of piperidine rings is 1. The SMILES string of the molecule is CNCC1CCN(S(=O)(=O)N2CCN(C)C(C)(C)C2)CC1. The Balaban J connectivity index is 1.99. The van der Waals surface area contributed by atoms with Gasteiger partial charge >= 0.3 is 0 Å². The van der Waals surface area contributed by atoms with E-state index in [9.17, 15) is 8.42 Å². The van der Waals surface area contributed by atoms with Crippen LogP contribution in [0.15, 0.2) is 0 Å². The smallest absolute Gasteiger partial charge is 0.282 e. The molecule has 2 aliphatic heterocycles. The molecule has 2 aliphatic rings. The van der Waals surface area contributed by atoms with Gasteiger partial charge in [0.1, 0.15) is 0 Å². The summed E-state index contributed by atoms with van der Waals surface area (Å²) >= 11 is 0. The summed E-state index contributed by atoms with van der Waals surface area (Å²) in [7, 11) is 0.718. The lowest BCUT2D eigenvalue weighted by molar-refractivity contribution is 0.0757. The highest BCUT2D eigenvalue weighted by atomic mass is 32.2. The molecule has 1 N–H and O–H groups in total. The van der Waals surface area contributed by atoms with Crippen LogP contribution in [0.4, 0.5) is 0 Å². The van der Waals surface area contributed by atoms with Crippen molar-refractivity contribution in [1.82, 2.24) is 18.8 Å². The van der Waals surface area contributed by atoms with Gasteiger partial charge in [0, 0.05) is 38.3 Å². The van der Waals surface area contributed by atoms with Crippen molar-refractivity contribution in [3.05, 3.63) is 0 Å². The summed E-state index contributed by atoms with van der Waals surface area (Å²) in [6.07, 6.45) is 1.91. The van der Waals surface area contributed by atoms with E-state index in [1.165, 1.54) is 0 Å². The Hall–Kier alpha value is -0.210. The average Bonchev–Trinajstić information content (AvgIpc) is 2.42. The Labute approximate surface area is 129 Å². The topological polar surface area (TPSA) is 55.9 Å². The molecule has 7 heteroatoms. The normalized spacial score (nSPS) is 27.0. The van der Waals surface area contributed by atoms with Gasteiger partial charge in [0.05, 0.1) is 0 Å². The largest absolute Gasteiger partial charge is 0.319 e. The number of nitrogens with one attached hydrogen (secondary N) is 1. The highest BCUT2D eigenvalue weighted by Gasteiger charge is 2.40. The minimum Gasteiger partial charge on any atom is -0.319 e. The molecule has 0 radical (unpaired) electrons. The zero-order valence-electron chi connectivity index (χ0n) is 13.8. The van der Waals surface area contributed by atoms with Crippen molar-refractivity contribution < 1.29 is 8.42 Å². The lowest BCUT2D eigenvalue weighted by Crippen LogP contribution is -2.61. The van der Waals surface area contributed by atoms with E-state index in [1.807, 2.05) is 7.05 Å². The number of nitrogens with zero attached hydrogens (tertiary/aromatic N) is 3. The molecule has 0 unspecified atom stereocenters. The van der Waals surface area contributed by atoms with E-state index in [0.29, 0.717) is 32.1 Å². The number of piperazine rings is 1. The van der Waals surface area contributed by atoms with Crippen LogP contribution in [0.3, 0.4) is 0 Å². The molecule has 0 bridgehead atoms. The molecule has 0 aromatic heterocycles. The van der Waals surface area contributed by atoms with Gasteiger partial charge in [-0.3, -0.25) is 4.90 Å². The lowest BCUT2D eigenvalue weighted by Gasteiger charge is -2.46. The Morgan fingerprint density at radius 3 is 2.24 bits per heavy atom. The van der Waals surface area contributed by atoms with Crippen LogP contribution >= 0.6 is 0 Å². The quantitative estimate of drug-likeness (QED) is 0.804. The molecule has 6 nitrogen and oxygen atoms in total. The minimum atomic E-state index is -3.30. The maximum absolute atomic E-state index is 12.8. The van der Waals surface area contributed by atoms with Gasteiger partial charge < -0.3 is 5.32 Å². The average molecular weight is 318 g/mol.